The molecule has 4 heteroatoms. The van der Waals surface area contributed by atoms with Crippen molar-refractivity contribution < 1.29 is 4.74 Å². The van der Waals surface area contributed by atoms with Gasteiger partial charge in [0, 0.05) is 17.6 Å². The highest BCUT2D eigenvalue weighted by molar-refractivity contribution is 7.80. The Hall–Kier alpha value is -2.43. The van der Waals surface area contributed by atoms with Crippen LogP contribution in [-0.2, 0) is 6.54 Å². The first kappa shape index (κ1) is 14.5. The topological polar surface area (TPSA) is 47.3 Å². The van der Waals surface area contributed by atoms with Gasteiger partial charge in [-0.25, -0.2) is 0 Å². The maximum Gasteiger partial charge on any atom is 0.266 e. The number of nitrogens with two attached hydrogens (primary N) is 1. The molecule has 3 rings (SSSR count). The predicted molar refractivity (Wildman–Crippen MR) is 95.1 cm³/mol. The Labute approximate surface area is 134 Å². The Kier molecular flexibility index (Phi) is 4.32. The van der Waals surface area contributed by atoms with Crippen molar-refractivity contribution in [3.63, 3.8) is 0 Å². The third kappa shape index (κ3) is 3.24. The van der Waals surface area contributed by atoms with E-state index >= 15 is 0 Å². The van der Waals surface area contributed by atoms with E-state index in [-0.39, 0.29) is 0 Å². The molecule has 0 radical (unpaired) electrons. The highest BCUT2D eigenvalue weighted by atomic mass is 32.1. The summed E-state index contributed by atoms with van der Waals surface area (Å²) in [5, 5.41) is 5.54. The van der Waals surface area contributed by atoms with E-state index in [4.69, 9.17) is 22.7 Å². The van der Waals surface area contributed by atoms with Gasteiger partial charge in [-0.15, -0.1) is 0 Å². The van der Waals surface area contributed by atoms with Gasteiger partial charge in [-0.05, 0) is 41.4 Å². The van der Waals surface area contributed by atoms with Crippen LogP contribution in [0.25, 0.3) is 10.8 Å². The van der Waals surface area contributed by atoms with Crippen molar-refractivity contribution in [1.82, 2.24) is 0 Å². The summed E-state index contributed by atoms with van der Waals surface area (Å²) in [6.07, 6.45) is 0. The fourth-order valence-electron chi connectivity index (χ4n) is 2.30. The minimum Gasteiger partial charge on any atom is -0.431 e. The fraction of sp³-hybridized carbons (Fsp3) is 0.0556. The quantitative estimate of drug-likeness (QED) is 0.716. The summed E-state index contributed by atoms with van der Waals surface area (Å²) in [4.78, 5) is 0. The normalized spacial score (nSPS) is 10.4. The molecule has 0 aromatic heterocycles. The van der Waals surface area contributed by atoms with Gasteiger partial charge in [-0.3, -0.25) is 0 Å². The second kappa shape index (κ2) is 6.56. The van der Waals surface area contributed by atoms with E-state index < -0.39 is 0 Å². The van der Waals surface area contributed by atoms with Gasteiger partial charge in [0.05, 0.1) is 0 Å². The average molecular weight is 308 g/mol. The van der Waals surface area contributed by atoms with Crippen molar-refractivity contribution >= 4 is 33.9 Å². The largest absolute Gasteiger partial charge is 0.431 e. The molecule has 0 aliphatic carbocycles. The smallest absolute Gasteiger partial charge is 0.266 e. The summed E-state index contributed by atoms with van der Waals surface area (Å²) >= 11 is 5.30. The summed E-state index contributed by atoms with van der Waals surface area (Å²) in [7, 11) is 0. The van der Waals surface area contributed by atoms with Gasteiger partial charge in [0.15, 0.2) is 0 Å². The minimum atomic E-state index is 0.311. The highest BCUT2D eigenvalue weighted by Gasteiger charge is 2.05. The lowest BCUT2D eigenvalue weighted by Gasteiger charge is -2.12. The third-order valence-corrected chi connectivity index (χ3v) is 3.55. The van der Waals surface area contributed by atoms with Crippen LogP contribution in [0.3, 0.4) is 0 Å². The van der Waals surface area contributed by atoms with Gasteiger partial charge in [0.1, 0.15) is 5.75 Å². The molecule has 0 saturated carbocycles. The zero-order valence-electron chi connectivity index (χ0n) is 12.0. The van der Waals surface area contributed by atoms with Crippen LogP contribution in [0.5, 0.6) is 5.75 Å². The number of hydrogen-bond acceptors (Lipinski definition) is 3. The molecule has 22 heavy (non-hydrogen) atoms. The standard InChI is InChI=1S/C18H16N2OS/c19-12-13-5-3-8-15(11-13)20-18(22)21-17-10-4-7-14-6-1-2-9-16(14)17/h1-11H,12,19H2,(H,20,22). The average Bonchev–Trinajstić information content (AvgIpc) is 2.55. The number of benzene rings is 3. The van der Waals surface area contributed by atoms with Gasteiger partial charge in [0.2, 0.25) is 0 Å². The molecule has 0 amide bonds. The SMILES string of the molecule is NCc1cccc(NC(=S)Oc2cccc3ccccc23)c1. The van der Waals surface area contributed by atoms with E-state index in [0.717, 1.165) is 27.8 Å². The monoisotopic (exact) mass is 308 g/mol. The van der Waals surface area contributed by atoms with Crippen molar-refractivity contribution in [2.75, 3.05) is 5.32 Å². The molecule has 0 bridgehead atoms. The second-order valence-electron chi connectivity index (χ2n) is 4.90. The number of ether oxygens (including phenoxy) is 1. The first-order valence-electron chi connectivity index (χ1n) is 7.02. The van der Waals surface area contributed by atoms with Crippen LogP contribution in [0, 0.1) is 0 Å². The molecule has 0 heterocycles. The summed E-state index contributed by atoms with van der Waals surface area (Å²) in [5.41, 5.74) is 7.55. The highest BCUT2D eigenvalue weighted by Crippen LogP contribution is 2.25. The summed E-state index contributed by atoms with van der Waals surface area (Å²) in [5.74, 6) is 0.741. The molecule has 3 N–H and O–H groups in total. The summed E-state index contributed by atoms with van der Waals surface area (Å²) in [6.45, 7) is 0.493. The van der Waals surface area contributed by atoms with Crippen LogP contribution in [0.2, 0.25) is 0 Å². The number of rotatable bonds is 3. The Bertz CT molecular complexity index is 812. The number of thiocarbonyl (C=S) groups is 1. The Morgan fingerprint density at radius 3 is 2.64 bits per heavy atom. The maximum absolute atomic E-state index is 5.79. The summed E-state index contributed by atoms with van der Waals surface area (Å²) < 4.78 is 5.79. The predicted octanol–water partition coefficient (Wildman–Crippen LogP) is 4.07. The van der Waals surface area contributed by atoms with Gasteiger partial charge in [-0.1, -0.05) is 48.5 Å². The molecular weight excluding hydrogens is 292 g/mol. The van der Waals surface area contributed by atoms with Gasteiger partial charge in [0.25, 0.3) is 5.17 Å². The molecule has 3 aromatic rings. The van der Waals surface area contributed by atoms with Crippen molar-refractivity contribution in [1.29, 1.82) is 0 Å². The van der Waals surface area contributed by atoms with E-state index in [2.05, 4.69) is 5.32 Å². The zero-order valence-corrected chi connectivity index (χ0v) is 12.8. The lowest BCUT2D eigenvalue weighted by Crippen LogP contribution is -2.16. The molecule has 3 nitrogen and oxygen atoms in total. The Balaban J connectivity index is 1.78. The van der Waals surface area contributed by atoms with E-state index in [9.17, 15) is 0 Å². The van der Waals surface area contributed by atoms with Crippen LogP contribution in [0.15, 0.2) is 66.7 Å². The number of anilines is 1. The minimum absolute atomic E-state index is 0.311. The third-order valence-electron chi connectivity index (χ3n) is 3.36. The van der Waals surface area contributed by atoms with Crippen molar-refractivity contribution in [3.05, 3.63) is 72.3 Å². The maximum atomic E-state index is 5.79. The first-order chi connectivity index (χ1) is 10.8. The molecule has 3 aromatic carbocycles. The molecule has 0 atom stereocenters. The number of nitrogens with one attached hydrogen (secondary N) is 1. The van der Waals surface area contributed by atoms with Gasteiger partial charge in [-0.2, -0.15) is 0 Å². The van der Waals surface area contributed by atoms with Crippen LogP contribution < -0.4 is 15.8 Å². The lowest BCUT2D eigenvalue weighted by atomic mass is 10.1. The van der Waals surface area contributed by atoms with Crippen molar-refractivity contribution in [3.8, 4) is 5.75 Å². The molecule has 0 aliphatic rings. The van der Waals surface area contributed by atoms with E-state index in [1.165, 1.54) is 0 Å². The van der Waals surface area contributed by atoms with Crippen molar-refractivity contribution in [2.45, 2.75) is 6.54 Å². The first-order valence-corrected chi connectivity index (χ1v) is 7.43. The number of hydrogen-bond donors (Lipinski definition) is 2. The van der Waals surface area contributed by atoms with Crippen LogP contribution in [-0.4, -0.2) is 5.17 Å². The molecule has 0 fully saturated rings. The van der Waals surface area contributed by atoms with Gasteiger partial charge >= 0.3 is 0 Å². The van der Waals surface area contributed by atoms with Crippen LogP contribution in [0.1, 0.15) is 5.56 Å². The van der Waals surface area contributed by atoms with Gasteiger partial charge < -0.3 is 15.8 Å². The summed E-state index contributed by atoms with van der Waals surface area (Å²) in [6, 6.07) is 21.7. The zero-order chi connectivity index (χ0) is 15.4. The van der Waals surface area contributed by atoms with E-state index in [1.807, 2.05) is 66.7 Å². The van der Waals surface area contributed by atoms with Crippen LogP contribution >= 0.6 is 12.2 Å². The van der Waals surface area contributed by atoms with E-state index in [1.54, 1.807) is 0 Å². The Morgan fingerprint density at radius 2 is 1.77 bits per heavy atom. The second-order valence-corrected chi connectivity index (χ2v) is 5.27. The molecule has 110 valence electrons. The molecule has 0 unspecified atom stereocenters. The molecule has 0 spiro atoms. The fourth-order valence-corrected chi connectivity index (χ4v) is 2.51. The molecule has 0 saturated heterocycles. The number of fused-ring (bicyclic) bond motifs is 1. The van der Waals surface area contributed by atoms with Crippen molar-refractivity contribution in [2.24, 2.45) is 5.73 Å². The lowest BCUT2D eigenvalue weighted by molar-refractivity contribution is 0.570. The van der Waals surface area contributed by atoms with E-state index in [0.29, 0.717) is 11.7 Å². The molecular formula is C18H16N2OS. The van der Waals surface area contributed by atoms with Crippen LogP contribution in [0.4, 0.5) is 5.69 Å². The molecule has 0 aliphatic heterocycles. The Morgan fingerprint density at radius 1 is 1.00 bits per heavy atom.